The minimum Gasteiger partial charge on any atom is -0.450 e. The molecule has 2 amide bonds. The Balaban J connectivity index is 2.02. The number of carbonyl (C=O) groups excluding carboxylic acids is 2. The quantitative estimate of drug-likeness (QED) is 0.908. The van der Waals surface area contributed by atoms with Gasteiger partial charge in [0.2, 0.25) is 0 Å². The van der Waals surface area contributed by atoms with Gasteiger partial charge in [-0.3, -0.25) is 4.79 Å². The number of likely N-dealkylation sites (tertiary alicyclic amines) is 1. The monoisotopic (exact) mass is 306 g/mol. The second kappa shape index (κ2) is 7.72. The van der Waals surface area contributed by atoms with E-state index >= 15 is 0 Å². The number of aromatic nitrogens is 2. The van der Waals surface area contributed by atoms with Crippen molar-refractivity contribution in [2.45, 2.75) is 39.2 Å². The highest BCUT2D eigenvalue weighted by Gasteiger charge is 2.27. The zero-order valence-electron chi connectivity index (χ0n) is 13.0. The fraction of sp³-hybridized carbons (Fsp3) is 0.600. The second-order valence-corrected chi connectivity index (χ2v) is 5.19. The van der Waals surface area contributed by atoms with Gasteiger partial charge in [-0.05, 0) is 26.2 Å². The number of carbonyl (C=O) groups is 2. The predicted octanol–water partition coefficient (Wildman–Crippen LogP) is 1.39. The van der Waals surface area contributed by atoms with E-state index in [9.17, 15) is 9.59 Å². The van der Waals surface area contributed by atoms with Crippen LogP contribution < -0.4 is 5.32 Å². The lowest BCUT2D eigenvalue weighted by Gasteiger charge is -2.33. The summed E-state index contributed by atoms with van der Waals surface area (Å²) >= 11 is 0. The standard InChI is InChI=1S/C15H22N4O3/c1-3-13-12(8-16-10-17-13)14(20)19-7-5-6-11(9-19)18-15(21)22-4-2/h8,10-11H,3-7,9H2,1-2H3,(H,18,21)/t11-/m0/s1. The van der Waals surface area contributed by atoms with Crippen LogP contribution in [0.25, 0.3) is 0 Å². The first-order valence-corrected chi connectivity index (χ1v) is 7.67. The van der Waals surface area contributed by atoms with Gasteiger partial charge in [-0.15, -0.1) is 0 Å². The Labute approximate surface area is 130 Å². The van der Waals surface area contributed by atoms with Gasteiger partial charge in [0.05, 0.1) is 17.9 Å². The van der Waals surface area contributed by atoms with E-state index in [4.69, 9.17) is 4.74 Å². The van der Waals surface area contributed by atoms with Crippen LogP contribution in [0.3, 0.4) is 0 Å². The summed E-state index contributed by atoms with van der Waals surface area (Å²) in [6.07, 6.45) is 4.96. The molecule has 0 bridgehead atoms. The van der Waals surface area contributed by atoms with Crippen LogP contribution in [0.15, 0.2) is 12.5 Å². The SMILES string of the molecule is CCOC(=O)N[C@H]1CCCN(C(=O)c2cncnc2CC)C1. The van der Waals surface area contributed by atoms with Crippen molar-refractivity contribution in [2.75, 3.05) is 19.7 Å². The van der Waals surface area contributed by atoms with Crippen LogP contribution in [0, 0.1) is 0 Å². The van der Waals surface area contributed by atoms with E-state index in [1.807, 2.05) is 6.92 Å². The fourth-order valence-electron chi connectivity index (χ4n) is 2.60. The van der Waals surface area contributed by atoms with Gasteiger partial charge in [-0.25, -0.2) is 14.8 Å². The highest BCUT2D eigenvalue weighted by molar-refractivity contribution is 5.95. The Morgan fingerprint density at radius 2 is 2.27 bits per heavy atom. The molecule has 22 heavy (non-hydrogen) atoms. The number of aryl methyl sites for hydroxylation is 1. The van der Waals surface area contributed by atoms with E-state index in [2.05, 4.69) is 15.3 Å². The molecule has 2 rings (SSSR count). The van der Waals surface area contributed by atoms with Crippen molar-refractivity contribution >= 4 is 12.0 Å². The van der Waals surface area contributed by atoms with Crippen molar-refractivity contribution in [2.24, 2.45) is 0 Å². The Morgan fingerprint density at radius 1 is 1.45 bits per heavy atom. The number of nitrogens with zero attached hydrogens (tertiary/aromatic N) is 3. The molecule has 1 aliphatic heterocycles. The molecule has 1 aromatic rings. The lowest BCUT2D eigenvalue weighted by atomic mass is 10.0. The zero-order valence-corrected chi connectivity index (χ0v) is 13.0. The van der Waals surface area contributed by atoms with E-state index in [-0.39, 0.29) is 11.9 Å². The smallest absolute Gasteiger partial charge is 0.407 e. The topological polar surface area (TPSA) is 84.4 Å². The van der Waals surface area contributed by atoms with Crippen molar-refractivity contribution in [1.29, 1.82) is 0 Å². The van der Waals surface area contributed by atoms with Gasteiger partial charge < -0.3 is 15.0 Å². The van der Waals surface area contributed by atoms with Crippen LogP contribution in [-0.2, 0) is 11.2 Å². The van der Waals surface area contributed by atoms with E-state index in [1.165, 1.54) is 6.33 Å². The summed E-state index contributed by atoms with van der Waals surface area (Å²) in [5, 5.41) is 2.80. The van der Waals surface area contributed by atoms with Gasteiger partial charge in [0.15, 0.2) is 0 Å². The van der Waals surface area contributed by atoms with Gasteiger partial charge in [0.25, 0.3) is 5.91 Å². The third kappa shape index (κ3) is 3.93. The van der Waals surface area contributed by atoms with Crippen LogP contribution in [0.2, 0.25) is 0 Å². The van der Waals surface area contributed by atoms with E-state index < -0.39 is 6.09 Å². The van der Waals surface area contributed by atoms with E-state index in [1.54, 1.807) is 18.0 Å². The van der Waals surface area contributed by atoms with Gasteiger partial charge in [0.1, 0.15) is 6.33 Å². The number of hydrogen-bond donors (Lipinski definition) is 1. The van der Waals surface area contributed by atoms with Gasteiger partial charge >= 0.3 is 6.09 Å². The van der Waals surface area contributed by atoms with Crippen molar-refractivity contribution in [3.05, 3.63) is 23.8 Å². The molecule has 1 fully saturated rings. The first-order valence-electron chi connectivity index (χ1n) is 7.67. The molecular formula is C15H22N4O3. The highest BCUT2D eigenvalue weighted by atomic mass is 16.5. The first kappa shape index (κ1) is 16.2. The zero-order chi connectivity index (χ0) is 15.9. The minimum atomic E-state index is -0.431. The molecule has 1 atom stereocenters. The van der Waals surface area contributed by atoms with Crippen molar-refractivity contribution < 1.29 is 14.3 Å². The molecule has 0 unspecified atom stereocenters. The maximum Gasteiger partial charge on any atom is 0.407 e. The van der Waals surface area contributed by atoms with Crippen LogP contribution in [0.1, 0.15) is 42.7 Å². The van der Waals surface area contributed by atoms with Crippen molar-refractivity contribution in [3.63, 3.8) is 0 Å². The molecule has 0 aliphatic carbocycles. The molecule has 120 valence electrons. The summed E-state index contributed by atoms with van der Waals surface area (Å²) in [7, 11) is 0. The summed E-state index contributed by atoms with van der Waals surface area (Å²) in [6.45, 7) is 5.22. The summed E-state index contributed by atoms with van der Waals surface area (Å²) in [6, 6.07) is -0.0774. The number of hydrogen-bond acceptors (Lipinski definition) is 5. The van der Waals surface area contributed by atoms with Crippen molar-refractivity contribution in [1.82, 2.24) is 20.2 Å². The summed E-state index contributed by atoms with van der Waals surface area (Å²) in [5.74, 6) is -0.0761. The molecule has 0 radical (unpaired) electrons. The molecule has 2 heterocycles. The third-order valence-electron chi connectivity index (χ3n) is 3.67. The average molecular weight is 306 g/mol. The first-order chi connectivity index (χ1) is 10.7. The van der Waals surface area contributed by atoms with Crippen LogP contribution in [-0.4, -0.2) is 52.6 Å². The summed E-state index contributed by atoms with van der Waals surface area (Å²) in [4.78, 5) is 34.0. The van der Waals surface area contributed by atoms with E-state index in [0.29, 0.717) is 31.7 Å². The summed E-state index contributed by atoms with van der Waals surface area (Å²) < 4.78 is 4.89. The molecule has 1 aliphatic rings. The third-order valence-corrected chi connectivity index (χ3v) is 3.67. The molecule has 7 heteroatoms. The second-order valence-electron chi connectivity index (χ2n) is 5.19. The largest absolute Gasteiger partial charge is 0.450 e. The number of alkyl carbamates (subject to hydrolysis) is 1. The molecule has 1 saturated heterocycles. The van der Waals surface area contributed by atoms with Crippen LogP contribution in [0.5, 0.6) is 0 Å². The normalized spacial score (nSPS) is 17.9. The maximum absolute atomic E-state index is 12.6. The van der Waals surface area contributed by atoms with Crippen LogP contribution >= 0.6 is 0 Å². The number of amides is 2. The highest BCUT2D eigenvalue weighted by Crippen LogP contribution is 2.15. The number of piperidine rings is 1. The maximum atomic E-state index is 12.6. The Hall–Kier alpha value is -2.18. The molecule has 7 nitrogen and oxygen atoms in total. The molecule has 0 saturated carbocycles. The lowest BCUT2D eigenvalue weighted by Crippen LogP contribution is -2.49. The van der Waals surface area contributed by atoms with Gasteiger partial charge in [-0.2, -0.15) is 0 Å². The molecule has 0 aromatic carbocycles. The molecule has 1 N–H and O–H groups in total. The Morgan fingerprint density at radius 3 is 3.00 bits per heavy atom. The van der Waals surface area contributed by atoms with Crippen molar-refractivity contribution in [3.8, 4) is 0 Å². The lowest BCUT2D eigenvalue weighted by molar-refractivity contribution is 0.0684. The minimum absolute atomic E-state index is 0.0761. The molecule has 1 aromatic heterocycles. The Kier molecular flexibility index (Phi) is 5.68. The van der Waals surface area contributed by atoms with Crippen LogP contribution in [0.4, 0.5) is 4.79 Å². The summed E-state index contributed by atoms with van der Waals surface area (Å²) in [5.41, 5.74) is 1.29. The molecular weight excluding hydrogens is 284 g/mol. The van der Waals surface area contributed by atoms with E-state index in [0.717, 1.165) is 18.5 Å². The average Bonchev–Trinajstić information content (AvgIpc) is 2.54. The Bertz CT molecular complexity index is 535. The van der Waals surface area contributed by atoms with Gasteiger partial charge in [-0.1, -0.05) is 6.92 Å². The van der Waals surface area contributed by atoms with Gasteiger partial charge in [0, 0.05) is 25.3 Å². The predicted molar refractivity (Wildman–Crippen MR) is 80.5 cm³/mol. The number of ether oxygens (including phenoxy) is 1. The fourth-order valence-corrected chi connectivity index (χ4v) is 2.60. The number of rotatable bonds is 4. The molecule has 0 spiro atoms. The number of nitrogens with one attached hydrogen (secondary N) is 1.